The molecular weight excluding hydrogens is 209 g/mol. The number of hydrogen-bond donors (Lipinski definition) is 0. The first-order valence-corrected chi connectivity index (χ1v) is 4.96. The van der Waals surface area contributed by atoms with Gasteiger partial charge in [-0.1, -0.05) is 11.2 Å². The fourth-order valence-corrected chi connectivity index (χ4v) is 1.36. The van der Waals surface area contributed by atoms with Gasteiger partial charge in [0.15, 0.2) is 11.6 Å². The van der Waals surface area contributed by atoms with Crippen LogP contribution in [0.1, 0.15) is 17.0 Å². The Balaban J connectivity index is 2.07. The van der Waals surface area contributed by atoms with Crippen LogP contribution in [-0.4, -0.2) is 5.16 Å². The van der Waals surface area contributed by atoms with Gasteiger partial charge in [0.1, 0.15) is 18.1 Å². The van der Waals surface area contributed by atoms with Crippen LogP contribution >= 0.6 is 0 Å². The van der Waals surface area contributed by atoms with Gasteiger partial charge in [0, 0.05) is 6.07 Å². The van der Waals surface area contributed by atoms with E-state index in [-0.39, 0.29) is 18.2 Å². The Labute approximate surface area is 92.8 Å². The van der Waals surface area contributed by atoms with E-state index in [0.717, 1.165) is 5.56 Å². The molecule has 1 aromatic heterocycles. The molecule has 0 aliphatic heterocycles. The highest BCUT2D eigenvalue weighted by Crippen LogP contribution is 2.19. The van der Waals surface area contributed by atoms with Crippen LogP contribution in [0.2, 0.25) is 0 Å². The molecule has 1 heterocycles. The smallest absolute Gasteiger partial charge is 0.165 e. The Kier molecular flexibility index (Phi) is 2.90. The molecule has 0 amide bonds. The van der Waals surface area contributed by atoms with Gasteiger partial charge in [-0.05, 0) is 31.5 Å². The van der Waals surface area contributed by atoms with E-state index in [4.69, 9.17) is 9.26 Å². The Morgan fingerprint density at radius 3 is 2.81 bits per heavy atom. The van der Waals surface area contributed by atoms with Crippen LogP contribution in [0, 0.1) is 19.7 Å². The van der Waals surface area contributed by atoms with Crippen LogP contribution in [0.15, 0.2) is 28.8 Å². The monoisotopic (exact) mass is 221 g/mol. The average molecular weight is 221 g/mol. The molecule has 2 rings (SSSR count). The lowest BCUT2D eigenvalue weighted by Crippen LogP contribution is -1.97. The lowest BCUT2D eigenvalue weighted by atomic mass is 10.2. The molecule has 0 saturated heterocycles. The average Bonchev–Trinajstić information content (AvgIpc) is 2.66. The van der Waals surface area contributed by atoms with E-state index in [1.807, 2.05) is 6.92 Å². The molecule has 0 unspecified atom stereocenters. The van der Waals surface area contributed by atoms with E-state index in [0.29, 0.717) is 11.5 Å². The normalized spacial score (nSPS) is 10.4. The summed E-state index contributed by atoms with van der Waals surface area (Å²) in [4.78, 5) is 0. The molecule has 1 aromatic carbocycles. The second-order valence-electron chi connectivity index (χ2n) is 3.65. The summed E-state index contributed by atoms with van der Waals surface area (Å²) in [5, 5.41) is 3.76. The summed E-state index contributed by atoms with van der Waals surface area (Å²) < 4.78 is 23.5. The van der Waals surface area contributed by atoms with Gasteiger partial charge in [0.25, 0.3) is 0 Å². The zero-order valence-electron chi connectivity index (χ0n) is 9.16. The van der Waals surface area contributed by atoms with Gasteiger partial charge in [-0.3, -0.25) is 0 Å². The van der Waals surface area contributed by atoms with Crippen LogP contribution < -0.4 is 4.74 Å². The van der Waals surface area contributed by atoms with Crippen molar-refractivity contribution < 1.29 is 13.7 Å². The summed E-state index contributed by atoms with van der Waals surface area (Å²) in [6.07, 6.45) is 0. The summed E-state index contributed by atoms with van der Waals surface area (Å²) in [5.74, 6) is 0.579. The molecule has 3 nitrogen and oxygen atoms in total. The highest BCUT2D eigenvalue weighted by Gasteiger charge is 2.05. The van der Waals surface area contributed by atoms with Crippen molar-refractivity contribution in [2.24, 2.45) is 0 Å². The second kappa shape index (κ2) is 4.35. The quantitative estimate of drug-likeness (QED) is 0.799. The van der Waals surface area contributed by atoms with E-state index in [1.165, 1.54) is 6.07 Å². The molecule has 0 bridgehead atoms. The number of hydrogen-bond acceptors (Lipinski definition) is 3. The van der Waals surface area contributed by atoms with E-state index in [1.54, 1.807) is 25.1 Å². The van der Waals surface area contributed by atoms with Crippen LogP contribution in [-0.2, 0) is 6.61 Å². The third-order valence-corrected chi connectivity index (χ3v) is 2.14. The van der Waals surface area contributed by atoms with Crippen molar-refractivity contribution in [2.75, 3.05) is 0 Å². The maximum absolute atomic E-state index is 13.3. The fraction of sp³-hybridized carbons (Fsp3) is 0.250. The molecule has 0 spiro atoms. The van der Waals surface area contributed by atoms with E-state index < -0.39 is 0 Å². The predicted octanol–water partition coefficient (Wildman–Crippen LogP) is 3.01. The van der Waals surface area contributed by atoms with E-state index >= 15 is 0 Å². The summed E-state index contributed by atoms with van der Waals surface area (Å²) in [6.45, 7) is 3.88. The molecule has 0 N–H and O–H groups in total. The molecule has 0 aliphatic rings. The SMILES string of the molecule is Cc1ccc(F)c(OCc2cc(C)on2)c1. The first kappa shape index (κ1) is 10.7. The van der Waals surface area contributed by atoms with Gasteiger partial charge >= 0.3 is 0 Å². The highest BCUT2D eigenvalue weighted by molar-refractivity contribution is 5.29. The number of benzene rings is 1. The van der Waals surface area contributed by atoms with Crippen molar-refractivity contribution in [3.63, 3.8) is 0 Å². The Morgan fingerprint density at radius 1 is 1.31 bits per heavy atom. The number of aryl methyl sites for hydroxylation is 2. The maximum atomic E-state index is 13.3. The molecule has 84 valence electrons. The van der Waals surface area contributed by atoms with Crippen molar-refractivity contribution in [3.05, 3.63) is 47.1 Å². The molecular formula is C12H12FNO2. The fourth-order valence-electron chi connectivity index (χ4n) is 1.36. The zero-order valence-corrected chi connectivity index (χ0v) is 9.16. The Hall–Kier alpha value is -1.84. The van der Waals surface area contributed by atoms with Crippen LogP contribution in [0.25, 0.3) is 0 Å². The Morgan fingerprint density at radius 2 is 2.12 bits per heavy atom. The van der Waals surface area contributed by atoms with Crippen LogP contribution in [0.4, 0.5) is 4.39 Å². The van der Waals surface area contributed by atoms with Crippen molar-refractivity contribution in [2.45, 2.75) is 20.5 Å². The third kappa shape index (κ3) is 2.39. The number of ether oxygens (including phenoxy) is 1. The number of halogens is 1. The van der Waals surface area contributed by atoms with Gasteiger partial charge in [-0.25, -0.2) is 4.39 Å². The zero-order chi connectivity index (χ0) is 11.5. The Bertz CT molecular complexity index is 494. The largest absolute Gasteiger partial charge is 0.484 e. The van der Waals surface area contributed by atoms with Crippen LogP contribution in [0.5, 0.6) is 5.75 Å². The van der Waals surface area contributed by atoms with Crippen molar-refractivity contribution >= 4 is 0 Å². The minimum absolute atomic E-state index is 0.206. The van der Waals surface area contributed by atoms with Gasteiger partial charge in [0.05, 0.1) is 0 Å². The number of aromatic nitrogens is 1. The number of nitrogens with zero attached hydrogens (tertiary/aromatic N) is 1. The summed E-state index contributed by atoms with van der Waals surface area (Å²) in [5.41, 5.74) is 1.60. The van der Waals surface area contributed by atoms with Gasteiger partial charge in [0.2, 0.25) is 0 Å². The van der Waals surface area contributed by atoms with Crippen molar-refractivity contribution in [3.8, 4) is 5.75 Å². The highest BCUT2D eigenvalue weighted by atomic mass is 19.1. The summed E-state index contributed by atoms with van der Waals surface area (Å²) in [6, 6.07) is 6.50. The first-order chi connectivity index (χ1) is 7.65. The summed E-state index contributed by atoms with van der Waals surface area (Å²) >= 11 is 0. The molecule has 0 aliphatic carbocycles. The first-order valence-electron chi connectivity index (χ1n) is 4.96. The van der Waals surface area contributed by atoms with E-state index in [9.17, 15) is 4.39 Å². The van der Waals surface area contributed by atoms with Crippen molar-refractivity contribution in [1.82, 2.24) is 5.16 Å². The maximum Gasteiger partial charge on any atom is 0.165 e. The predicted molar refractivity (Wildman–Crippen MR) is 56.7 cm³/mol. The lowest BCUT2D eigenvalue weighted by molar-refractivity contribution is 0.275. The minimum Gasteiger partial charge on any atom is -0.484 e. The standard InChI is InChI=1S/C12H12FNO2/c1-8-3-4-11(13)12(5-8)15-7-10-6-9(2)16-14-10/h3-6H,7H2,1-2H3. The number of rotatable bonds is 3. The van der Waals surface area contributed by atoms with Gasteiger partial charge in [-0.2, -0.15) is 0 Å². The molecule has 16 heavy (non-hydrogen) atoms. The topological polar surface area (TPSA) is 35.3 Å². The third-order valence-electron chi connectivity index (χ3n) is 2.14. The van der Waals surface area contributed by atoms with Crippen molar-refractivity contribution in [1.29, 1.82) is 0 Å². The second-order valence-corrected chi connectivity index (χ2v) is 3.65. The molecule has 0 saturated carbocycles. The van der Waals surface area contributed by atoms with Gasteiger partial charge < -0.3 is 9.26 Å². The molecule has 0 radical (unpaired) electrons. The summed E-state index contributed by atoms with van der Waals surface area (Å²) in [7, 11) is 0. The molecule has 2 aromatic rings. The lowest BCUT2D eigenvalue weighted by Gasteiger charge is -2.05. The molecule has 0 fully saturated rings. The minimum atomic E-state index is -0.370. The van der Waals surface area contributed by atoms with Gasteiger partial charge in [-0.15, -0.1) is 0 Å². The van der Waals surface area contributed by atoms with E-state index in [2.05, 4.69) is 5.16 Å². The molecule has 0 atom stereocenters. The molecule has 4 heteroatoms. The van der Waals surface area contributed by atoms with Crippen LogP contribution in [0.3, 0.4) is 0 Å².